The lowest BCUT2D eigenvalue weighted by molar-refractivity contribution is -0.140. The minimum absolute atomic E-state index is 0.00391. The number of esters is 6. The van der Waals surface area contributed by atoms with Gasteiger partial charge < -0.3 is 28.4 Å². The molecule has 3 rings (SSSR count). The molecule has 1 aromatic carbocycles. The van der Waals surface area contributed by atoms with E-state index in [4.69, 9.17) is 28.4 Å². The van der Waals surface area contributed by atoms with Crippen molar-refractivity contribution in [2.24, 2.45) is 0 Å². The van der Waals surface area contributed by atoms with Gasteiger partial charge in [0.15, 0.2) is 6.29 Å². The van der Waals surface area contributed by atoms with Crippen LogP contribution in [0.2, 0.25) is 0 Å². The minimum Gasteiger partial charge on any atom is -0.463 e. The Morgan fingerprint density at radius 1 is 0.574 bits per heavy atom. The SMILES string of the molecule is C=CC(=O)OCCCCOC(=O)/C=C/C1=CC=C(C(=O)Oc2ccc(OC(=O)C3=CC=C(/C=C/C(=O)OCCCCOC(=O)C=C)CC3)c(C=O)c2)CC1. The Balaban J connectivity index is 1.44. The summed E-state index contributed by atoms with van der Waals surface area (Å²) in [5, 5.41) is 0. The zero-order valence-corrected chi connectivity index (χ0v) is 29.8. The molecule has 0 aliphatic heterocycles. The molecule has 0 saturated carbocycles. The molecular weight excluding hydrogens is 700 g/mol. The number of allylic oxidation sites excluding steroid dienone is 8. The smallest absolute Gasteiger partial charge is 0.339 e. The van der Waals surface area contributed by atoms with E-state index in [9.17, 15) is 33.6 Å². The van der Waals surface area contributed by atoms with Crippen LogP contribution in [0, 0.1) is 0 Å². The van der Waals surface area contributed by atoms with Gasteiger partial charge in [0.2, 0.25) is 0 Å². The molecule has 0 saturated heterocycles. The van der Waals surface area contributed by atoms with E-state index in [0.29, 0.717) is 68.8 Å². The van der Waals surface area contributed by atoms with E-state index in [0.717, 1.165) is 23.3 Å². The van der Waals surface area contributed by atoms with Crippen LogP contribution in [-0.4, -0.2) is 68.5 Å². The van der Waals surface area contributed by atoms with E-state index in [1.165, 1.54) is 30.4 Å². The molecule has 0 radical (unpaired) electrons. The molecule has 13 nitrogen and oxygen atoms in total. The molecule has 0 bridgehead atoms. The lowest BCUT2D eigenvalue weighted by atomic mass is 9.98. The maximum Gasteiger partial charge on any atom is 0.339 e. The number of carbonyl (C=O) groups is 7. The van der Waals surface area contributed by atoms with Gasteiger partial charge in [-0.25, -0.2) is 28.8 Å². The lowest BCUT2D eigenvalue weighted by Gasteiger charge is -2.14. The van der Waals surface area contributed by atoms with Crippen molar-refractivity contribution in [3.05, 3.63) is 120 Å². The summed E-state index contributed by atoms with van der Waals surface area (Å²) in [6, 6.07) is 4.08. The van der Waals surface area contributed by atoms with Crippen LogP contribution in [0.4, 0.5) is 0 Å². The highest BCUT2D eigenvalue weighted by Crippen LogP contribution is 2.28. The second-order valence-electron chi connectivity index (χ2n) is 11.6. The van der Waals surface area contributed by atoms with Crippen molar-refractivity contribution in [3.8, 4) is 11.5 Å². The first-order chi connectivity index (χ1) is 26.1. The molecule has 0 unspecified atom stereocenters. The molecule has 0 fully saturated rings. The Labute approximate surface area is 312 Å². The van der Waals surface area contributed by atoms with Crippen molar-refractivity contribution in [2.45, 2.75) is 51.4 Å². The second-order valence-corrected chi connectivity index (χ2v) is 11.6. The third kappa shape index (κ3) is 15.5. The fourth-order valence-corrected chi connectivity index (χ4v) is 4.70. The maximum atomic E-state index is 12.8. The van der Waals surface area contributed by atoms with Gasteiger partial charge in [-0.05, 0) is 80.7 Å². The number of benzene rings is 1. The normalized spacial score (nSPS) is 13.7. The summed E-state index contributed by atoms with van der Waals surface area (Å²) in [4.78, 5) is 83.4. The molecule has 13 heteroatoms. The van der Waals surface area contributed by atoms with Crippen molar-refractivity contribution in [3.63, 3.8) is 0 Å². The first-order valence-electron chi connectivity index (χ1n) is 17.2. The summed E-state index contributed by atoms with van der Waals surface area (Å²) in [5.41, 5.74) is 2.36. The van der Waals surface area contributed by atoms with Gasteiger partial charge in [0.1, 0.15) is 11.5 Å². The van der Waals surface area contributed by atoms with Gasteiger partial charge in [0, 0.05) is 35.5 Å². The van der Waals surface area contributed by atoms with Crippen LogP contribution in [0.25, 0.3) is 0 Å². The summed E-state index contributed by atoms with van der Waals surface area (Å²) in [7, 11) is 0. The number of rotatable bonds is 21. The van der Waals surface area contributed by atoms with Crippen molar-refractivity contribution in [1.29, 1.82) is 0 Å². The van der Waals surface area contributed by atoms with Gasteiger partial charge in [-0.15, -0.1) is 0 Å². The van der Waals surface area contributed by atoms with Crippen LogP contribution in [0.15, 0.2) is 114 Å². The molecule has 0 amide bonds. The zero-order chi connectivity index (χ0) is 39.1. The Hall–Kier alpha value is -6.37. The predicted octanol–water partition coefficient (Wildman–Crippen LogP) is 5.82. The average molecular weight is 743 g/mol. The molecule has 0 aromatic heterocycles. The average Bonchev–Trinajstić information content (AvgIpc) is 3.19. The van der Waals surface area contributed by atoms with Gasteiger partial charge in [-0.3, -0.25) is 4.79 Å². The van der Waals surface area contributed by atoms with Crippen molar-refractivity contribution in [2.75, 3.05) is 26.4 Å². The number of aldehydes is 1. The van der Waals surface area contributed by atoms with Crippen LogP contribution in [0.1, 0.15) is 61.7 Å². The van der Waals surface area contributed by atoms with Gasteiger partial charge >= 0.3 is 35.8 Å². The fourth-order valence-electron chi connectivity index (χ4n) is 4.70. The molecule has 0 spiro atoms. The van der Waals surface area contributed by atoms with Crippen LogP contribution >= 0.6 is 0 Å². The molecule has 0 N–H and O–H groups in total. The highest BCUT2D eigenvalue weighted by atomic mass is 16.6. The van der Waals surface area contributed by atoms with Gasteiger partial charge in [0.25, 0.3) is 0 Å². The Morgan fingerprint density at radius 2 is 1.02 bits per heavy atom. The largest absolute Gasteiger partial charge is 0.463 e. The number of carbonyl (C=O) groups excluding carboxylic acids is 7. The van der Waals surface area contributed by atoms with Crippen molar-refractivity contribution >= 4 is 42.1 Å². The maximum absolute atomic E-state index is 12.8. The van der Waals surface area contributed by atoms with Gasteiger partial charge in [-0.1, -0.05) is 49.6 Å². The topological polar surface area (TPSA) is 175 Å². The third-order valence-electron chi connectivity index (χ3n) is 7.66. The third-order valence-corrected chi connectivity index (χ3v) is 7.66. The zero-order valence-electron chi connectivity index (χ0n) is 29.8. The highest BCUT2D eigenvalue weighted by Gasteiger charge is 2.19. The van der Waals surface area contributed by atoms with Gasteiger partial charge in [0.05, 0.1) is 32.0 Å². The summed E-state index contributed by atoms with van der Waals surface area (Å²) >= 11 is 0. The van der Waals surface area contributed by atoms with Crippen molar-refractivity contribution < 1.29 is 62.0 Å². The molecule has 54 heavy (non-hydrogen) atoms. The van der Waals surface area contributed by atoms with Crippen LogP contribution in [0.5, 0.6) is 11.5 Å². The summed E-state index contributed by atoms with van der Waals surface area (Å²) in [5.74, 6) is -3.23. The molecule has 284 valence electrons. The number of hydrogen-bond donors (Lipinski definition) is 0. The first kappa shape index (κ1) is 42.0. The Bertz CT molecular complexity index is 1780. The Kier molecular flexibility index (Phi) is 18.1. The fraction of sp³-hybridized carbons (Fsp3) is 0.293. The van der Waals surface area contributed by atoms with Crippen molar-refractivity contribution in [1.82, 2.24) is 0 Å². The van der Waals surface area contributed by atoms with Crippen LogP contribution in [-0.2, 0) is 47.7 Å². The van der Waals surface area contributed by atoms with E-state index in [-0.39, 0.29) is 43.5 Å². The van der Waals surface area contributed by atoms with E-state index >= 15 is 0 Å². The molecule has 2 aliphatic carbocycles. The molecule has 0 heterocycles. The summed E-state index contributed by atoms with van der Waals surface area (Å²) in [6.07, 6.45) is 18.8. The first-order valence-corrected chi connectivity index (χ1v) is 17.2. The summed E-state index contributed by atoms with van der Waals surface area (Å²) in [6.45, 7) is 7.40. The lowest BCUT2D eigenvalue weighted by Crippen LogP contribution is -2.15. The standard InChI is InChI=1S/C41H42O13/c1-3-36(43)49-23-5-7-25-51-38(45)21-13-29-9-15-31(16-10-29)40(47)53-34-19-20-35(33(27-34)28-42)54-41(48)32-17-11-30(12-18-32)14-22-39(46)52-26-8-6-24-50-37(44)4-2/h3-4,9,11,13-15,17,19-22,27-28H,1-2,5-8,10,12,16,18,23-26H2/b21-13+,22-14+. The van der Waals surface area contributed by atoms with E-state index in [1.807, 2.05) is 0 Å². The van der Waals surface area contributed by atoms with E-state index in [1.54, 1.807) is 36.5 Å². The molecule has 1 aromatic rings. The molecular formula is C41H42O13. The number of hydrogen-bond acceptors (Lipinski definition) is 13. The monoisotopic (exact) mass is 742 g/mol. The minimum atomic E-state index is -0.652. The van der Waals surface area contributed by atoms with E-state index in [2.05, 4.69) is 13.2 Å². The second kappa shape index (κ2) is 23.2. The van der Waals surface area contributed by atoms with Gasteiger partial charge in [-0.2, -0.15) is 0 Å². The van der Waals surface area contributed by atoms with Crippen LogP contribution < -0.4 is 9.47 Å². The number of unbranched alkanes of at least 4 members (excludes halogenated alkanes) is 2. The quantitative estimate of drug-likeness (QED) is 0.0368. The number of ether oxygens (including phenoxy) is 6. The summed E-state index contributed by atoms with van der Waals surface area (Å²) < 4.78 is 30.9. The Morgan fingerprint density at radius 3 is 1.43 bits per heavy atom. The highest BCUT2D eigenvalue weighted by molar-refractivity contribution is 5.94. The molecule has 2 aliphatic rings. The molecule has 0 atom stereocenters. The predicted molar refractivity (Wildman–Crippen MR) is 195 cm³/mol. The van der Waals surface area contributed by atoms with E-state index < -0.39 is 35.8 Å². The van der Waals surface area contributed by atoms with Crippen LogP contribution in [0.3, 0.4) is 0 Å².